The van der Waals surface area contributed by atoms with Crippen LogP contribution in [0.3, 0.4) is 0 Å². The lowest BCUT2D eigenvalue weighted by Gasteiger charge is -2.31. The fourth-order valence-corrected chi connectivity index (χ4v) is 3.91. The molecule has 6 nitrogen and oxygen atoms in total. The minimum absolute atomic E-state index is 0.205. The maximum Gasteiger partial charge on any atom is 0.280 e. The van der Waals surface area contributed by atoms with Crippen molar-refractivity contribution in [3.05, 3.63) is 113 Å². The number of hydrogen-bond donors (Lipinski definition) is 1. The normalized spacial score (nSPS) is 11.5. The molecule has 0 radical (unpaired) electrons. The highest BCUT2D eigenvalue weighted by Gasteiger charge is 2.34. The van der Waals surface area contributed by atoms with Crippen LogP contribution in [-0.2, 0) is 11.2 Å². The van der Waals surface area contributed by atoms with Crippen molar-refractivity contribution in [3.8, 4) is 0 Å². The van der Waals surface area contributed by atoms with Crippen LogP contribution in [-0.4, -0.2) is 27.9 Å². The second kappa shape index (κ2) is 10.5. The molecule has 0 aliphatic heterocycles. The minimum Gasteiger partial charge on any atom is -0.354 e. The molecule has 4 rings (SSSR count). The van der Waals surface area contributed by atoms with Gasteiger partial charge in [-0.3, -0.25) is 14.5 Å². The van der Waals surface area contributed by atoms with Crippen LogP contribution in [0, 0.1) is 0 Å². The molecule has 4 aromatic rings. The lowest BCUT2D eigenvalue weighted by Crippen LogP contribution is -2.44. The lowest BCUT2D eigenvalue weighted by atomic mass is 10.0. The summed E-state index contributed by atoms with van der Waals surface area (Å²) < 4.78 is 3.82. The van der Waals surface area contributed by atoms with Crippen LogP contribution in [0.25, 0.3) is 0 Å². The van der Waals surface area contributed by atoms with Gasteiger partial charge in [-0.2, -0.15) is 0 Å². The standard InChI is InChI=1S/C25H22N4O2S/c30-24(26-17-16-19-10-4-1-5-11-19)23(20-12-6-2-7-13-20)29(21-14-8-3-9-15-21)25(31)22-18-32-28-27-22/h1-15,18,23H,16-17H2,(H,26,30)/t23-/m0/s1. The highest BCUT2D eigenvalue weighted by atomic mass is 32.1. The lowest BCUT2D eigenvalue weighted by molar-refractivity contribution is -0.122. The summed E-state index contributed by atoms with van der Waals surface area (Å²) in [5.41, 5.74) is 2.66. The predicted molar refractivity (Wildman–Crippen MR) is 125 cm³/mol. The Hall–Kier alpha value is -3.84. The molecule has 0 unspecified atom stereocenters. The Morgan fingerprint density at radius 3 is 2.12 bits per heavy atom. The Labute approximate surface area is 190 Å². The number of benzene rings is 3. The van der Waals surface area contributed by atoms with Gasteiger partial charge in [-0.25, -0.2) is 0 Å². The molecule has 0 bridgehead atoms. The number of carbonyl (C=O) groups is 2. The first kappa shape index (κ1) is 21.4. The molecule has 2 amide bonds. The summed E-state index contributed by atoms with van der Waals surface area (Å²) in [7, 11) is 0. The van der Waals surface area contributed by atoms with E-state index in [1.807, 2.05) is 91.0 Å². The van der Waals surface area contributed by atoms with Crippen molar-refractivity contribution >= 4 is 29.0 Å². The Kier molecular flexibility index (Phi) is 6.99. The van der Waals surface area contributed by atoms with Crippen LogP contribution in [0.15, 0.2) is 96.4 Å². The zero-order chi connectivity index (χ0) is 22.2. The van der Waals surface area contributed by atoms with Gasteiger partial charge >= 0.3 is 0 Å². The van der Waals surface area contributed by atoms with Gasteiger partial charge in [0.2, 0.25) is 5.91 Å². The predicted octanol–water partition coefficient (Wildman–Crippen LogP) is 4.29. The number of rotatable bonds is 8. The molecule has 1 heterocycles. The van der Waals surface area contributed by atoms with E-state index >= 15 is 0 Å². The van der Waals surface area contributed by atoms with Gasteiger partial charge in [-0.1, -0.05) is 83.4 Å². The average Bonchev–Trinajstić information content (AvgIpc) is 3.39. The highest BCUT2D eigenvalue weighted by molar-refractivity contribution is 7.03. The zero-order valence-corrected chi connectivity index (χ0v) is 18.1. The van der Waals surface area contributed by atoms with Crippen molar-refractivity contribution in [1.29, 1.82) is 0 Å². The molecule has 0 aliphatic rings. The molecule has 1 aromatic heterocycles. The van der Waals surface area contributed by atoms with Crippen molar-refractivity contribution < 1.29 is 9.59 Å². The van der Waals surface area contributed by atoms with E-state index in [0.29, 0.717) is 24.2 Å². The first-order chi connectivity index (χ1) is 15.7. The number of para-hydroxylation sites is 1. The quantitative estimate of drug-likeness (QED) is 0.442. The monoisotopic (exact) mass is 442 g/mol. The Morgan fingerprint density at radius 1 is 0.875 bits per heavy atom. The molecule has 7 heteroatoms. The van der Waals surface area contributed by atoms with Crippen molar-refractivity contribution in [2.75, 3.05) is 11.4 Å². The third-order valence-electron chi connectivity index (χ3n) is 5.01. The van der Waals surface area contributed by atoms with Crippen LogP contribution in [0.2, 0.25) is 0 Å². The number of nitrogens with one attached hydrogen (secondary N) is 1. The number of aromatic nitrogens is 2. The summed E-state index contributed by atoms with van der Waals surface area (Å²) in [6, 6.07) is 27.6. The molecule has 0 spiro atoms. The maximum atomic E-state index is 13.5. The molecular weight excluding hydrogens is 420 g/mol. The van der Waals surface area contributed by atoms with Gasteiger partial charge < -0.3 is 5.32 Å². The average molecular weight is 443 g/mol. The van der Waals surface area contributed by atoms with E-state index < -0.39 is 6.04 Å². The van der Waals surface area contributed by atoms with Gasteiger partial charge in [-0.15, -0.1) is 5.10 Å². The molecule has 160 valence electrons. The van der Waals surface area contributed by atoms with Crippen LogP contribution in [0.5, 0.6) is 0 Å². The molecule has 3 aromatic carbocycles. The summed E-state index contributed by atoms with van der Waals surface area (Å²) in [5, 5.41) is 8.55. The second-order valence-electron chi connectivity index (χ2n) is 7.14. The first-order valence-electron chi connectivity index (χ1n) is 10.3. The molecule has 1 N–H and O–H groups in total. The number of hydrogen-bond acceptors (Lipinski definition) is 5. The van der Waals surface area contributed by atoms with Crippen LogP contribution >= 0.6 is 11.5 Å². The Bertz CT molecular complexity index is 1140. The molecule has 0 saturated heterocycles. The molecular formula is C25H22N4O2S. The minimum atomic E-state index is -0.858. The SMILES string of the molecule is O=C(NCCc1ccccc1)[C@H](c1ccccc1)N(C(=O)c1csnn1)c1ccccc1. The number of nitrogens with zero attached hydrogens (tertiary/aromatic N) is 3. The van der Waals surface area contributed by atoms with E-state index in [-0.39, 0.29) is 17.5 Å². The topological polar surface area (TPSA) is 75.2 Å². The van der Waals surface area contributed by atoms with Gasteiger partial charge in [-0.05, 0) is 41.2 Å². The number of amides is 2. The van der Waals surface area contributed by atoms with E-state index in [1.165, 1.54) is 4.90 Å². The van der Waals surface area contributed by atoms with E-state index in [0.717, 1.165) is 17.1 Å². The molecule has 0 saturated carbocycles. The summed E-state index contributed by atoms with van der Waals surface area (Å²) in [6.07, 6.45) is 0.698. The van der Waals surface area contributed by atoms with E-state index in [1.54, 1.807) is 5.38 Å². The summed E-state index contributed by atoms with van der Waals surface area (Å²) in [6.45, 7) is 0.460. The van der Waals surface area contributed by atoms with Gasteiger partial charge in [0.1, 0.15) is 6.04 Å². The van der Waals surface area contributed by atoms with Crippen LogP contribution in [0.1, 0.15) is 27.7 Å². The molecule has 32 heavy (non-hydrogen) atoms. The molecule has 0 fully saturated rings. The van der Waals surface area contributed by atoms with Gasteiger partial charge in [0, 0.05) is 17.6 Å². The van der Waals surface area contributed by atoms with Crippen molar-refractivity contribution in [1.82, 2.24) is 14.9 Å². The van der Waals surface area contributed by atoms with Gasteiger partial charge in [0.05, 0.1) is 0 Å². The summed E-state index contributed by atoms with van der Waals surface area (Å²) >= 11 is 1.10. The third kappa shape index (κ3) is 5.07. The second-order valence-corrected chi connectivity index (χ2v) is 7.75. The zero-order valence-electron chi connectivity index (χ0n) is 17.3. The fourth-order valence-electron chi connectivity index (χ4n) is 3.48. The van der Waals surface area contributed by atoms with Crippen LogP contribution < -0.4 is 10.2 Å². The first-order valence-corrected chi connectivity index (χ1v) is 11.1. The van der Waals surface area contributed by atoms with Gasteiger partial charge in [0.15, 0.2) is 5.69 Å². The Morgan fingerprint density at radius 2 is 1.50 bits per heavy atom. The van der Waals surface area contributed by atoms with E-state index in [2.05, 4.69) is 14.9 Å². The smallest absolute Gasteiger partial charge is 0.280 e. The largest absolute Gasteiger partial charge is 0.354 e. The van der Waals surface area contributed by atoms with Crippen molar-refractivity contribution in [2.45, 2.75) is 12.5 Å². The number of carbonyl (C=O) groups excluding carboxylic acids is 2. The maximum absolute atomic E-state index is 13.5. The fraction of sp³-hybridized carbons (Fsp3) is 0.120. The highest BCUT2D eigenvalue weighted by Crippen LogP contribution is 2.29. The number of anilines is 1. The Balaban J connectivity index is 1.66. The molecule has 0 aliphatic carbocycles. The van der Waals surface area contributed by atoms with E-state index in [9.17, 15) is 9.59 Å². The van der Waals surface area contributed by atoms with Crippen molar-refractivity contribution in [3.63, 3.8) is 0 Å². The van der Waals surface area contributed by atoms with Crippen LogP contribution in [0.4, 0.5) is 5.69 Å². The van der Waals surface area contributed by atoms with E-state index in [4.69, 9.17) is 0 Å². The molecule has 1 atom stereocenters. The summed E-state index contributed by atoms with van der Waals surface area (Å²) in [5.74, 6) is -0.635. The van der Waals surface area contributed by atoms with Gasteiger partial charge in [0.25, 0.3) is 5.91 Å². The van der Waals surface area contributed by atoms with Crippen molar-refractivity contribution in [2.24, 2.45) is 0 Å². The third-order valence-corrected chi connectivity index (χ3v) is 5.51. The summed E-state index contributed by atoms with van der Waals surface area (Å²) in [4.78, 5) is 28.4.